The first-order valence-electron chi connectivity index (χ1n) is 10.5. The van der Waals surface area contributed by atoms with Crippen molar-refractivity contribution in [1.82, 2.24) is 4.98 Å². The van der Waals surface area contributed by atoms with Gasteiger partial charge in [-0.15, -0.1) is 17.9 Å². The highest BCUT2D eigenvalue weighted by molar-refractivity contribution is 7.26. The summed E-state index contributed by atoms with van der Waals surface area (Å²) >= 11 is 1.89. The van der Waals surface area contributed by atoms with Crippen LogP contribution in [0.4, 0.5) is 0 Å². The van der Waals surface area contributed by atoms with Gasteiger partial charge in [-0.2, -0.15) is 0 Å². The van der Waals surface area contributed by atoms with Crippen molar-refractivity contribution in [3.8, 4) is 0 Å². The molecule has 0 unspecified atom stereocenters. The van der Waals surface area contributed by atoms with Crippen LogP contribution in [0.3, 0.4) is 0 Å². The van der Waals surface area contributed by atoms with Crippen LogP contribution in [0.15, 0.2) is 97.6 Å². The lowest BCUT2D eigenvalue weighted by atomic mass is 10.0. The number of nitrogens with one attached hydrogen (secondary N) is 1. The van der Waals surface area contributed by atoms with Crippen molar-refractivity contribution < 1.29 is 0 Å². The number of thiophene rings is 1. The Morgan fingerprint density at radius 3 is 2.10 bits per heavy atom. The van der Waals surface area contributed by atoms with E-state index in [1.807, 2.05) is 18.3 Å². The number of aromatic amines is 1. The summed E-state index contributed by atoms with van der Waals surface area (Å²) in [6, 6.07) is 31.1. The molecule has 0 fully saturated rings. The van der Waals surface area contributed by atoms with Crippen molar-refractivity contribution >= 4 is 74.9 Å². The van der Waals surface area contributed by atoms with Gasteiger partial charge in [0.2, 0.25) is 0 Å². The third kappa shape index (κ3) is 2.76. The van der Waals surface area contributed by atoms with E-state index in [2.05, 4.69) is 96.5 Å². The summed E-state index contributed by atoms with van der Waals surface area (Å²) in [7, 11) is 0. The molecule has 0 aliphatic carbocycles. The second kappa shape index (κ2) is 6.97. The molecule has 148 valence electrons. The highest BCUT2D eigenvalue weighted by Crippen LogP contribution is 2.41. The smallest absolute Gasteiger partial charge is 0.0472 e. The van der Waals surface area contributed by atoms with Crippen LogP contribution in [0.5, 0.6) is 0 Å². The molecule has 31 heavy (non-hydrogen) atoms. The molecule has 2 heterocycles. The summed E-state index contributed by atoms with van der Waals surface area (Å²) in [6.07, 6.45) is 1.75. The van der Waals surface area contributed by atoms with Crippen molar-refractivity contribution in [3.63, 3.8) is 0 Å². The van der Waals surface area contributed by atoms with Gasteiger partial charge in [0.15, 0.2) is 0 Å². The van der Waals surface area contributed by atoms with E-state index in [0.29, 0.717) is 0 Å². The zero-order chi connectivity index (χ0) is 20.9. The fourth-order valence-corrected chi connectivity index (χ4v) is 5.79. The lowest BCUT2D eigenvalue weighted by Gasteiger charge is -2.00. The number of benzene rings is 5. The minimum Gasteiger partial charge on any atom is -0.354 e. The van der Waals surface area contributed by atoms with E-state index in [1.54, 1.807) is 6.08 Å². The van der Waals surface area contributed by atoms with Gasteiger partial charge in [-0.3, -0.25) is 0 Å². The highest BCUT2D eigenvalue weighted by Gasteiger charge is 2.12. The zero-order valence-electron chi connectivity index (χ0n) is 17.3. The molecule has 0 aliphatic rings. The molecule has 1 nitrogen and oxygen atoms in total. The number of hydrogen-bond acceptors (Lipinski definition) is 1. The van der Waals surface area contributed by atoms with Crippen LogP contribution in [-0.4, -0.2) is 4.98 Å². The quantitative estimate of drug-likeness (QED) is 0.238. The van der Waals surface area contributed by atoms with Crippen molar-refractivity contribution in [2.75, 3.05) is 0 Å². The average Bonchev–Trinajstić information content (AvgIpc) is 3.33. The van der Waals surface area contributed by atoms with Gasteiger partial charge in [-0.05, 0) is 58.8 Å². The first kappa shape index (κ1) is 18.2. The largest absolute Gasteiger partial charge is 0.354 e. The lowest BCUT2D eigenvalue weighted by Crippen LogP contribution is -1.74. The van der Waals surface area contributed by atoms with E-state index in [4.69, 9.17) is 0 Å². The Kier molecular flexibility index (Phi) is 4.09. The average molecular weight is 416 g/mol. The molecule has 0 spiro atoms. The molecule has 0 amide bonds. The molecule has 0 bridgehead atoms. The van der Waals surface area contributed by atoms with Gasteiger partial charge >= 0.3 is 0 Å². The number of H-pyrrole nitrogens is 1. The molecule has 0 saturated heterocycles. The summed E-state index contributed by atoms with van der Waals surface area (Å²) in [4.78, 5) is 3.66. The molecule has 0 atom stereocenters. The van der Waals surface area contributed by atoms with Crippen LogP contribution in [0.25, 0.3) is 63.5 Å². The zero-order valence-corrected chi connectivity index (χ0v) is 18.1. The van der Waals surface area contributed by atoms with Crippen molar-refractivity contribution in [2.45, 2.75) is 6.92 Å². The Balaban J connectivity index is 0.000000587. The van der Waals surface area contributed by atoms with Crippen molar-refractivity contribution in [2.24, 2.45) is 0 Å². The Morgan fingerprint density at radius 2 is 1.29 bits per heavy atom. The Bertz CT molecular complexity index is 1760. The molecule has 7 aromatic rings. The van der Waals surface area contributed by atoms with E-state index in [0.717, 1.165) is 0 Å². The van der Waals surface area contributed by atoms with Gasteiger partial charge in [0.1, 0.15) is 0 Å². The molecule has 2 heteroatoms. The first-order chi connectivity index (χ1) is 15.3. The third-order valence-electron chi connectivity index (χ3n) is 5.95. The molecule has 1 N–H and O–H groups in total. The van der Waals surface area contributed by atoms with E-state index < -0.39 is 0 Å². The van der Waals surface area contributed by atoms with E-state index >= 15 is 0 Å². The number of allylic oxidation sites excluding steroid dienone is 1. The Labute approximate surface area is 184 Å². The van der Waals surface area contributed by atoms with Crippen LogP contribution in [0.2, 0.25) is 0 Å². The summed E-state index contributed by atoms with van der Waals surface area (Å²) in [5, 5.41) is 10.6. The Morgan fingerprint density at radius 1 is 0.645 bits per heavy atom. The van der Waals surface area contributed by atoms with Crippen molar-refractivity contribution in [1.29, 1.82) is 0 Å². The number of aromatic nitrogens is 1. The highest BCUT2D eigenvalue weighted by atomic mass is 32.1. The number of rotatable bonds is 0. The summed E-state index contributed by atoms with van der Waals surface area (Å²) in [5.41, 5.74) is 2.42. The molecule has 5 aromatic carbocycles. The van der Waals surface area contributed by atoms with Crippen LogP contribution < -0.4 is 0 Å². The molecule has 2 aromatic heterocycles. The second-order valence-corrected chi connectivity index (χ2v) is 9.02. The molecular formula is C29H21NS. The van der Waals surface area contributed by atoms with E-state index in [1.165, 1.54) is 63.5 Å². The normalized spacial score (nSPS) is 11.5. The molecule has 0 radical (unpaired) electrons. The fraction of sp³-hybridized carbons (Fsp3) is 0.0345. The molecule has 0 saturated carbocycles. The SMILES string of the molecule is C=CC.c1ccc2cc3c(cc2c1)sc1cc2c(cc13)[nH]c1ccc3ccccc3c12. The maximum Gasteiger partial charge on any atom is 0.0472 e. The first-order valence-corrected chi connectivity index (χ1v) is 11.3. The maximum atomic E-state index is 3.66. The van der Waals surface area contributed by atoms with Gasteiger partial charge in [0, 0.05) is 42.0 Å². The monoisotopic (exact) mass is 415 g/mol. The number of hydrogen-bond donors (Lipinski definition) is 1. The molecule has 0 aliphatic heterocycles. The van der Waals surface area contributed by atoms with Crippen LogP contribution in [0.1, 0.15) is 6.92 Å². The second-order valence-electron chi connectivity index (χ2n) is 7.93. The minimum absolute atomic E-state index is 1.21. The number of fused-ring (bicyclic) bond motifs is 9. The maximum absolute atomic E-state index is 3.66. The predicted octanol–water partition coefficient (Wildman–Crippen LogP) is 9.19. The summed E-state index contributed by atoms with van der Waals surface area (Å²) in [6.45, 7) is 5.25. The third-order valence-corrected chi connectivity index (χ3v) is 7.06. The van der Waals surface area contributed by atoms with Gasteiger partial charge in [0.25, 0.3) is 0 Å². The van der Waals surface area contributed by atoms with Gasteiger partial charge in [0.05, 0.1) is 0 Å². The lowest BCUT2D eigenvalue weighted by molar-refractivity contribution is 1.56. The van der Waals surface area contributed by atoms with Crippen molar-refractivity contribution in [3.05, 3.63) is 97.6 Å². The topological polar surface area (TPSA) is 15.8 Å². The minimum atomic E-state index is 1.21. The van der Waals surface area contributed by atoms with E-state index in [-0.39, 0.29) is 0 Å². The van der Waals surface area contributed by atoms with Gasteiger partial charge in [-0.25, -0.2) is 0 Å². The molecule has 7 rings (SSSR count). The van der Waals surface area contributed by atoms with Gasteiger partial charge in [-0.1, -0.05) is 60.7 Å². The fourth-order valence-electron chi connectivity index (χ4n) is 4.63. The standard InChI is InChI=1S/C26H15NS.C3H6/c1-2-7-17-12-24-19(11-16(17)6-1)20-13-23-21(14-25(20)28-24)26-18-8-4-3-5-15(18)9-10-22(26)27-23;1-3-2/h1-14,27H;3H,1H2,2H3. The van der Waals surface area contributed by atoms with E-state index in [9.17, 15) is 0 Å². The summed E-state index contributed by atoms with van der Waals surface area (Å²) < 4.78 is 2.71. The Hall–Kier alpha value is -3.62. The van der Waals surface area contributed by atoms with Crippen LogP contribution in [0, 0.1) is 0 Å². The predicted molar refractivity (Wildman–Crippen MR) is 140 cm³/mol. The van der Waals surface area contributed by atoms with Gasteiger partial charge < -0.3 is 4.98 Å². The van der Waals surface area contributed by atoms with Crippen LogP contribution in [-0.2, 0) is 0 Å². The summed E-state index contributed by atoms with van der Waals surface area (Å²) in [5.74, 6) is 0. The molecular weight excluding hydrogens is 394 g/mol. The van der Waals surface area contributed by atoms with Crippen LogP contribution >= 0.6 is 11.3 Å².